The highest BCUT2D eigenvalue weighted by molar-refractivity contribution is 6.44. The van der Waals surface area contributed by atoms with Crippen molar-refractivity contribution in [3.05, 3.63) is 57.8 Å². The number of nitrogens with one attached hydrogen (secondary N) is 1. The Labute approximate surface area is 126 Å². The average molecular weight is 310 g/mol. The van der Waals surface area contributed by atoms with Crippen LogP contribution in [0.5, 0.6) is 0 Å². The second-order valence-electron chi connectivity index (χ2n) is 4.35. The maximum Gasteiger partial charge on any atom is 0.253 e. The van der Waals surface area contributed by atoms with Gasteiger partial charge in [0.1, 0.15) is 0 Å². The van der Waals surface area contributed by atoms with Gasteiger partial charge in [0.05, 0.1) is 21.7 Å². The molecule has 0 aliphatic carbocycles. The van der Waals surface area contributed by atoms with Gasteiger partial charge in [-0.1, -0.05) is 29.3 Å². The lowest BCUT2D eigenvalue weighted by atomic mass is 10.1. The summed E-state index contributed by atoms with van der Waals surface area (Å²) in [4.78, 5) is 16.2. The van der Waals surface area contributed by atoms with Crippen molar-refractivity contribution in [2.45, 2.75) is 13.0 Å². The lowest BCUT2D eigenvalue weighted by molar-refractivity contribution is 0.0940. The second kappa shape index (κ2) is 6.11. The molecule has 0 spiro atoms. The standard InChI is InChI=1S/C14H13Cl2N3O/c1-8(9-3-2-4-18-7-9)19-14(20)11-5-10(17)6-12(15)13(11)16/h2-8H,17H2,1H3,(H,19,20). The predicted octanol–water partition coefficient (Wildman–Crippen LogP) is 3.46. The zero-order valence-electron chi connectivity index (χ0n) is 10.7. The number of nitrogens with zero attached hydrogens (tertiary/aromatic N) is 1. The number of rotatable bonds is 3. The summed E-state index contributed by atoms with van der Waals surface area (Å²) in [5.74, 6) is -0.333. The molecule has 0 fully saturated rings. The number of carbonyl (C=O) groups excluding carboxylic acids is 1. The Hall–Kier alpha value is -1.78. The molecule has 4 nitrogen and oxygen atoms in total. The first-order valence-electron chi connectivity index (χ1n) is 5.94. The van der Waals surface area contributed by atoms with E-state index < -0.39 is 0 Å². The molecular weight excluding hydrogens is 297 g/mol. The Kier molecular flexibility index (Phi) is 4.47. The number of nitrogen functional groups attached to an aromatic ring is 1. The summed E-state index contributed by atoms with van der Waals surface area (Å²) in [6, 6.07) is 6.49. The maximum absolute atomic E-state index is 12.2. The fourth-order valence-electron chi connectivity index (χ4n) is 1.77. The van der Waals surface area contributed by atoms with E-state index in [0.717, 1.165) is 5.56 Å². The third-order valence-electron chi connectivity index (χ3n) is 2.83. The van der Waals surface area contributed by atoms with Crippen LogP contribution in [0.3, 0.4) is 0 Å². The molecule has 1 atom stereocenters. The zero-order chi connectivity index (χ0) is 14.7. The molecule has 3 N–H and O–H groups in total. The summed E-state index contributed by atoms with van der Waals surface area (Å²) in [7, 11) is 0. The fraction of sp³-hybridized carbons (Fsp3) is 0.143. The fourth-order valence-corrected chi connectivity index (χ4v) is 2.19. The first kappa shape index (κ1) is 14.6. The van der Waals surface area contributed by atoms with Crippen LogP contribution in [-0.2, 0) is 0 Å². The van der Waals surface area contributed by atoms with Crippen molar-refractivity contribution in [2.75, 3.05) is 5.73 Å². The Morgan fingerprint density at radius 1 is 1.40 bits per heavy atom. The van der Waals surface area contributed by atoms with Crippen molar-refractivity contribution >= 4 is 34.8 Å². The first-order chi connectivity index (χ1) is 9.49. The summed E-state index contributed by atoms with van der Waals surface area (Å²) in [5, 5.41) is 3.28. The van der Waals surface area contributed by atoms with E-state index in [0.29, 0.717) is 5.69 Å². The van der Waals surface area contributed by atoms with Gasteiger partial charge in [-0.3, -0.25) is 9.78 Å². The molecule has 104 valence electrons. The van der Waals surface area contributed by atoms with Gasteiger partial charge in [-0.05, 0) is 30.7 Å². The van der Waals surface area contributed by atoms with Crippen LogP contribution < -0.4 is 11.1 Å². The van der Waals surface area contributed by atoms with E-state index in [1.165, 1.54) is 12.1 Å². The Balaban J connectivity index is 2.21. The van der Waals surface area contributed by atoms with Crippen LogP contribution in [0.4, 0.5) is 5.69 Å². The summed E-state index contributed by atoms with van der Waals surface area (Å²) in [5.41, 5.74) is 7.21. The van der Waals surface area contributed by atoms with Crippen LogP contribution in [0.15, 0.2) is 36.7 Å². The number of halogens is 2. The zero-order valence-corrected chi connectivity index (χ0v) is 12.2. The monoisotopic (exact) mass is 309 g/mol. The number of pyridine rings is 1. The molecule has 1 unspecified atom stereocenters. The lowest BCUT2D eigenvalue weighted by Gasteiger charge is -2.15. The van der Waals surface area contributed by atoms with Crippen molar-refractivity contribution < 1.29 is 4.79 Å². The first-order valence-corrected chi connectivity index (χ1v) is 6.70. The molecule has 0 aliphatic rings. The van der Waals surface area contributed by atoms with E-state index in [2.05, 4.69) is 10.3 Å². The van der Waals surface area contributed by atoms with Crippen molar-refractivity contribution in [2.24, 2.45) is 0 Å². The van der Waals surface area contributed by atoms with Gasteiger partial charge in [0.15, 0.2) is 0 Å². The van der Waals surface area contributed by atoms with E-state index >= 15 is 0 Å². The van der Waals surface area contributed by atoms with E-state index in [-0.39, 0.29) is 27.6 Å². The second-order valence-corrected chi connectivity index (χ2v) is 5.13. The van der Waals surface area contributed by atoms with Gasteiger partial charge in [-0.2, -0.15) is 0 Å². The maximum atomic E-state index is 12.2. The molecule has 2 aromatic rings. The highest BCUT2D eigenvalue weighted by atomic mass is 35.5. The van der Waals surface area contributed by atoms with Crippen molar-refractivity contribution in [1.29, 1.82) is 0 Å². The van der Waals surface area contributed by atoms with E-state index in [1.54, 1.807) is 12.4 Å². The van der Waals surface area contributed by atoms with Crippen LogP contribution >= 0.6 is 23.2 Å². The molecule has 0 aliphatic heterocycles. The van der Waals surface area contributed by atoms with E-state index in [9.17, 15) is 4.79 Å². The largest absolute Gasteiger partial charge is 0.399 e. The lowest BCUT2D eigenvalue weighted by Crippen LogP contribution is -2.27. The summed E-state index contributed by atoms with van der Waals surface area (Å²) in [6.07, 6.45) is 3.37. The highest BCUT2D eigenvalue weighted by Crippen LogP contribution is 2.29. The summed E-state index contributed by atoms with van der Waals surface area (Å²) < 4.78 is 0. The minimum absolute atomic E-state index is 0.191. The van der Waals surface area contributed by atoms with Crippen LogP contribution in [-0.4, -0.2) is 10.9 Å². The van der Waals surface area contributed by atoms with Crippen molar-refractivity contribution in [3.8, 4) is 0 Å². The molecule has 1 aromatic carbocycles. The van der Waals surface area contributed by atoms with Crippen LogP contribution in [0.1, 0.15) is 28.9 Å². The normalized spacial score (nSPS) is 11.9. The number of nitrogens with two attached hydrogens (primary N) is 1. The van der Waals surface area contributed by atoms with Gasteiger partial charge in [0.2, 0.25) is 0 Å². The smallest absolute Gasteiger partial charge is 0.253 e. The van der Waals surface area contributed by atoms with Gasteiger partial charge < -0.3 is 11.1 Å². The van der Waals surface area contributed by atoms with Gasteiger partial charge in [-0.25, -0.2) is 0 Å². The Morgan fingerprint density at radius 3 is 2.80 bits per heavy atom. The minimum Gasteiger partial charge on any atom is -0.399 e. The van der Waals surface area contributed by atoms with Gasteiger partial charge in [-0.15, -0.1) is 0 Å². The molecular formula is C14H13Cl2N3O. The minimum atomic E-state index is -0.333. The number of hydrogen-bond donors (Lipinski definition) is 2. The van der Waals surface area contributed by atoms with E-state index in [1.807, 2.05) is 19.1 Å². The van der Waals surface area contributed by atoms with Gasteiger partial charge in [0, 0.05) is 18.1 Å². The van der Waals surface area contributed by atoms with Gasteiger partial charge >= 0.3 is 0 Å². The van der Waals surface area contributed by atoms with Gasteiger partial charge in [0.25, 0.3) is 5.91 Å². The third kappa shape index (κ3) is 3.21. The Morgan fingerprint density at radius 2 is 2.15 bits per heavy atom. The number of amides is 1. The molecule has 0 saturated carbocycles. The van der Waals surface area contributed by atoms with Crippen LogP contribution in [0.2, 0.25) is 10.0 Å². The number of hydrogen-bond acceptors (Lipinski definition) is 3. The molecule has 0 bridgehead atoms. The molecule has 2 rings (SSSR count). The molecule has 0 radical (unpaired) electrons. The summed E-state index contributed by atoms with van der Waals surface area (Å²) >= 11 is 11.9. The molecule has 1 heterocycles. The van der Waals surface area contributed by atoms with Crippen LogP contribution in [0, 0.1) is 0 Å². The number of aromatic nitrogens is 1. The number of anilines is 1. The highest BCUT2D eigenvalue weighted by Gasteiger charge is 2.16. The molecule has 1 aromatic heterocycles. The third-order valence-corrected chi connectivity index (χ3v) is 3.63. The Bertz CT molecular complexity index is 632. The van der Waals surface area contributed by atoms with Crippen LogP contribution in [0.25, 0.3) is 0 Å². The number of benzene rings is 1. The predicted molar refractivity (Wildman–Crippen MR) is 81.0 cm³/mol. The summed E-state index contributed by atoms with van der Waals surface area (Å²) in [6.45, 7) is 1.86. The quantitative estimate of drug-likeness (QED) is 0.853. The number of carbonyl (C=O) groups is 1. The topological polar surface area (TPSA) is 68.0 Å². The van der Waals surface area contributed by atoms with Crippen molar-refractivity contribution in [3.63, 3.8) is 0 Å². The average Bonchev–Trinajstić information content (AvgIpc) is 2.43. The molecule has 1 amide bonds. The molecule has 20 heavy (non-hydrogen) atoms. The van der Waals surface area contributed by atoms with E-state index in [4.69, 9.17) is 28.9 Å². The van der Waals surface area contributed by atoms with Crippen molar-refractivity contribution in [1.82, 2.24) is 10.3 Å². The molecule has 6 heteroatoms. The molecule has 0 saturated heterocycles. The SMILES string of the molecule is CC(NC(=O)c1cc(N)cc(Cl)c1Cl)c1cccnc1.